The van der Waals surface area contributed by atoms with Crippen LogP contribution in [-0.4, -0.2) is 10.9 Å². The number of rotatable bonds is 4. The van der Waals surface area contributed by atoms with E-state index in [0.717, 1.165) is 24.8 Å². The van der Waals surface area contributed by atoms with Crippen LogP contribution in [0.1, 0.15) is 31.2 Å². The van der Waals surface area contributed by atoms with Crippen LogP contribution < -0.4 is 5.73 Å². The van der Waals surface area contributed by atoms with Crippen molar-refractivity contribution in [1.82, 2.24) is 4.98 Å². The van der Waals surface area contributed by atoms with Crippen LogP contribution in [0.25, 0.3) is 0 Å². The van der Waals surface area contributed by atoms with Crippen LogP contribution in [0, 0.1) is 11.8 Å². The molecule has 1 atom stereocenters. The van der Waals surface area contributed by atoms with Crippen molar-refractivity contribution in [3.63, 3.8) is 0 Å². The molecule has 1 fully saturated rings. The third-order valence-corrected chi connectivity index (χ3v) is 3.51. The Morgan fingerprint density at radius 1 is 1.50 bits per heavy atom. The molecule has 3 nitrogen and oxygen atoms in total. The number of carbonyl (C=O) groups excluding carboxylic acids is 1. The molecule has 1 amide bonds. The third kappa shape index (κ3) is 2.60. The quantitative estimate of drug-likeness (QED) is 0.839. The molecule has 0 aromatic carbocycles. The molecule has 0 aliphatic heterocycles. The molecule has 1 aromatic heterocycles. The Labute approximate surface area is 96.1 Å². The van der Waals surface area contributed by atoms with Gasteiger partial charge in [0.25, 0.3) is 0 Å². The highest BCUT2D eigenvalue weighted by Gasteiger charge is 2.29. The lowest BCUT2D eigenvalue weighted by molar-refractivity contribution is -0.123. The number of pyridine rings is 1. The molecule has 0 bridgehead atoms. The van der Waals surface area contributed by atoms with E-state index in [2.05, 4.69) is 4.98 Å². The molecule has 2 N–H and O–H groups in total. The highest BCUT2D eigenvalue weighted by atomic mass is 16.1. The summed E-state index contributed by atoms with van der Waals surface area (Å²) < 4.78 is 0. The number of nitrogens with zero attached hydrogens (tertiary/aromatic N) is 1. The minimum atomic E-state index is -0.157. The maximum Gasteiger partial charge on any atom is 0.221 e. The zero-order valence-corrected chi connectivity index (χ0v) is 9.43. The molecule has 1 heterocycles. The minimum absolute atomic E-state index is 0.00769. The van der Waals surface area contributed by atoms with Gasteiger partial charge in [0, 0.05) is 18.3 Å². The van der Waals surface area contributed by atoms with Crippen LogP contribution in [0.5, 0.6) is 0 Å². The van der Waals surface area contributed by atoms with Crippen molar-refractivity contribution in [1.29, 1.82) is 0 Å². The number of amides is 1. The number of nitrogens with two attached hydrogens (primary N) is 1. The molecule has 0 spiro atoms. The Morgan fingerprint density at radius 3 is 2.81 bits per heavy atom. The average Bonchev–Trinajstić information content (AvgIpc) is 2.80. The van der Waals surface area contributed by atoms with E-state index >= 15 is 0 Å². The van der Waals surface area contributed by atoms with E-state index in [9.17, 15) is 4.79 Å². The van der Waals surface area contributed by atoms with Gasteiger partial charge < -0.3 is 5.73 Å². The van der Waals surface area contributed by atoms with Crippen molar-refractivity contribution >= 4 is 5.91 Å². The molecule has 0 saturated heterocycles. The van der Waals surface area contributed by atoms with Crippen LogP contribution in [-0.2, 0) is 11.2 Å². The number of carbonyl (C=O) groups is 1. The summed E-state index contributed by atoms with van der Waals surface area (Å²) in [5, 5.41) is 0. The zero-order valence-electron chi connectivity index (χ0n) is 9.43. The van der Waals surface area contributed by atoms with Crippen LogP contribution in [0.2, 0.25) is 0 Å². The van der Waals surface area contributed by atoms with E-state index < -0.39 is 0 Å². The number of aromatic nitrogens is 1. The summed E-state index contributed by atoms with van der Waals surface area (Å²) in [5.41, 5.74) is 6.61. The Bertz CT molecular complexity index is 344. The maximum absolute atomic E-state index is 11.5. The van der Waals surface area contributed by atoms with Crippen molar-refractivity contribution in [2.45, 2.75) is 32.1 Å². The molecular weight excluding hydrogens is 200 g/mol. The van der Waals surface area contributed by atoms with Gasteiger partial charge in [-0.1, -0.05) is 18.9 Å². The van der Waals surface area contributed by atoms with Crippen molar-refractivity contribution in [3.05, 3.63) is 30.1 Å². The summed E-state index contributed by atoms with van der Waals surface area (Å²) in [7, 11) is 0. The summed E-state index contributed by atoms with van der Waals surface area (Å²) in [6.07, 6.45) is 9.09. The normalized spacial score (nSPS) is 18.5. The van der Waals surface area contributed by atoms with Crippen molar-refractivity contribution in [2.75, 3.05) is 0 Å². The second-order valence-electron chi connectivity index (χ2n) is 4.62. The Morgan fingerprint density at radius 2 is 2.25 bits per heavy atom. The Kier molecular flexibility index (Phi) is 3.54. The van der Waals surface area contributed by atoms with Gasteiger partial charge in [0.2, 0.25) is 5.91 Å². The predicted octanol–water partition coefficient (Wildman–Crippen LogP) is 1.92. The van der Waals surface area contributed by atoms with Crippen molar-refractivity contribution < 1.29 is 4.79 Å². The second kappa shape index (κ2) is 5.10. The van der Waals surface area contributed by atoms with Crippen LogP contribution in [0.15, 0.2) is 24.5 Å². The topological polar surface area (TPSA) is 56.0 Å². The molecule has 0 radical (unpaired) electrons. The standard InChI is InChI=1S/C13H18N2O/c14-13(16)12(11-5-1-2-6-11)8-10-4-3-7-15-9-10/h3-4,7,9,11-12H,1-2,5-6,8H2,(H2,14,16). The summed E-state index contributed by atoms with van der Waals surface area (Å²) in [6.45, 7) is 0. The molecule has 1 saturated carbocycles. The van der Waals surface area contributed by atoms with Crippen molar-refractivity contribution in [2.24, 2.45) is 17.6 Å². The second-order valence-corrected chi connectivity index (χ2v) is 4.62. The summed E-state index contributed by atoms with van der Waals surface area (Å²) >= 11 is 0. The maximum atomic E-state index is 11.5. The van der Waals surface area contributed by atoms with Gasteiger partial charge in [0.05, 0.1) is 0 Å². The first-order valence-electron chi connectivity index (χ1n) is 5.95. The molecule has 1 unspecified atom stereocenters. The fourth-order valence-electron chi connectivity index (χ4n) is 2.63. The van der Waals surface area contributed by atoms with Crippen LogP contribution in [0.4, 0.5) is 0 Å². The molecule has 16 heavy (non-hydrogen) atoms. The SMILES string of the molecule is NC(=O)C(Cc1cccnc1)C1CCCC1. The summed E-state index contributed by atoms with van der Waals surface area (Å²) in [5.74, 6) is 0.320. The van der Waals surface area contributed by atoms with Crippen LogP contribution >= 0.6 is 0 Å². The minimum Gasteiger partial charge on any atom is -0.369 e. The summed E-state index contributed by atoms with van der Waals surface area (Å²) in [4.78, 5) is 15.6. The first kappa shape index (κ1) is 11.1. The lowest BCUT2D eigenvalue weighted by Crippen LogP contribution is -2.30. The van der Waals surface area contributed by atoms with Gasteiger partial charge >= 0.3 is 0 Å². The predicted molar refractivity (Wildman–Crippen MR) is 62.6 cm³/mol. The zero-order chi connectivity index (χ0) is 11.4. The van der Waals surface area contributed by atoms with E-state index in [1.807, 2.05) is 18.3 Å². The molecule has 1 aliphatic rings. The molecular formula is C13H18N2O. The van der Waals surface area contributed by atoms with Gasteiger partial charge in [-0.15, -0.1) is 0 Å². The average molecular weight is 218 g/mol. The van der Waals surface area contributed by atoms with E-state index in [1.165, 1.54) is 12.8 Å². The van der Waals surface area contributed by atoms with Gasteiger partial charge in [-0.2, -0.15) is 0 Å². The molecule has 3 heteroatoms. The number of hydrogen-bond acceptors (Lipinski definition) is 2. The molecule has 1 aliphatic carbocycles. The monoisotopic (exact) mass is 218 g/mol. The number of hydrogen-bond donors (Lipinski definition) is 1. The van der Waals surface area contributed by atoms with E-state index in [1.54, 1.807) is 6.20 Å². The number of primary amides is 1. The smallest absolute Gasteiger partial charge is 0.221 e. The van der Waals surface area contributed by atoms with E-state index in [4.69, 9.17) is 5.73 Å². The van der Waals surface area contributed by atoms with Crippen LogP contribution in [0.3, 0.4) is 0 Å². The fraction of sp³-hybridized carbons (Fsp3) is 0.538. The first-order valence-corrected chi connectivity index (χ1v) is 5.95. The largest absolute Gasteiger partial charge is 0.369 e. The van der Waals surface area contributed by atoms with Gasteiger partial charge in [-0.05, 0) is 36.8 Å². The molecule has 1 aromatic rings. The summed E-state index contributed by atoms with van der Waals surface area (Å²) in [6, 6.07) is 3.92. The van der Waals surface area contributed by atoms with Crippen molar-refractivity contribution in [3.8, 4) is 0 Å². The lowest BCUT2D eigenvalue weighted by atomic mass is 9.85. The lowest BCUT2D eigenvalue weighted by Gasteiger charge is -2.19. The van der Waals surface area contributed by atoms with E-state index in [0.29, 0.717) is 5.92 Å². The van der Waals surface area contributed by atoms with E-state index in [-0.39, 0.29) is 11.8 Å². The third-order valence-electron chi connectivity index (χ3n) is 3.51. The highest BCUT2D eigenvalue weighted by Crippen LogP contribution is 2.32. The van der Waals surface area contributed by atoms with Gasteiger partial charge in [0.15, 0.2) is 0 Å². The van der Waals surface area contributed by atoms with Gasteiger partial charge in [0.1, 0.15) is 0 Å². The Hall–Kier alpha value is -1.38. The van der Waals surface area contributed by atoms with Gasteiger partial charge in [-0.3, -0.25) is 9.78 Å². The molecule has 86 valence electrons. The first-order chi connectivity index (χ1) is 7.77. The Balaban J connectivity index is 2.05. The fourth-order valence-corrected chi connectivity index (χ4v) is 2.63. The molecule has 2 rings (SSSR count). The van der Waals surface area contributed by atoms with Gasteiger partial charge in [-0.25, -0.2) is 0 Å². The highest BCUT2D eigenvalue weighted by molar-refractivity contribution is 5.77.